The quantitative estimate of drug-likeness (QED) is 0.397. The van der Waals surface area contributed by atoms with Crippen LogP contribution >= 0.6 is 0 Å². The maximum atomic E-state index is 11.6. The van der Waals surface area contributed by atoms with Crippen molar-refractivity contribution in [3.05, 3.63) is 0 Å². The highest BCUT2D eigenvalue weighted by Crippen LogP contribution is 2.16. The molecule has 1 fully saturated rings. The molecular weight excluding hydrogens is 204 g/mol. The summed E-state index contributed by atoms with van der Waals surface area (Å²) in [7, 11) is 4.15. The number of hydrogen-bond acceptors (Lipinski definition) is 4. The molecule has 5 nitrogen and oxygen atoms in total. The third kappa shape index (κ3) is 3.17. The number of carbonyl (C=O) groups excluding carboxylic acids is 1. The standard InChI is InChI=1S/C11H24N4O/c1-4-10(11(16)13-12)15(3)9-6-5-7-14(2)8-9/h9-10H,4-8,12H2,1-3H3,(H,13,16). The van der Waals surface area contributed by atoms with Gasteiger partial charge in [-0.05, 0) is 39.9 Å². The normalized spacial score (nSPS) is 24.4. The molecule has 1 rings (SSSR count). The average molecular weight is 228 g/mol. The lowest BCUT2D eigenvalue weighted by atomic mass is 10.0. The Morgan fingerprint density at radius 1 is 1.69 bits per heavy atom. The van der Waals surface area contributed by atoms with Crippen LogP contribution < -0.4 is 11.3 Å². The summed E-state index contributed by atoms with van der Waals surface area (Å²) in [4.78, 5) is 16.1. The van der Waals surface area contributed by atoms with Crippen molar-refractivity contribution in [2.45, 2.75) is 38.3 Å². The number of nitrogens with zero attached hydrogens (tertiary/aromatic N) is 2. The number of hydrogen-bond donors (Lipinski definition) is 2. The van der Waals surface area contributed by atoms with Gasteiger partial charge in [-0.15, -0.1) is 0 Å². The van der Waals surface area contributed by atoms with Gasteiger partial charge in [0.1, 0.15) is 0 Å². The second-order valence-corrected chi connectivity index (χ2v) is 4.66. The fourth-order valence-electron chi connectivity index (χ4n) is 2.48. The van der Waals surface area contributed by atoms with Gasteiger partial charge in [-0.1, -0.05) is 6.92 Å². The summed E-state index contributed by atoms with van der Waals surface area (Å²) in [5, 5.41) is 0. The molecule has 1 aliphatic rings. The van der Waals surface area contributed by atoms with Gasteiger partial charge in [0.25, 0.3) is 5.91 Å². The van der Waals surface area contributed by atoms with Crippen LogP contribution in [0, 0.1) is 0 Å². The molecule has 0 spiro atoms. The van der Waals surface area contributed by atoms with Crippen LogP contribution in [0.1, 0.15) is 26.2 Å². The fourth-order valence-corrected chi connectivity index (χ4v) is 2.48. The molecule has 5 heteroatoms. The lowest BCUT2D eigenvalue weighted by Gasteiger charge is -2.39. The summed E-state index contributed by atoms with van der Waals surface area (Å²) < 4.78 is 0. The zero-order valence-corrected chi connectivity index (χ0v) is 10.6. The molecule has 16 heavy (non-hydrogen) atoms. The van der Waals surface area contributed by atoms with E-state index in [1.807, 2.05) is 14.0 Å². The fraction of sp³-hybridized carbons (Fsp3) is 0.909. The lowest BCUT2D eigenvalue weighted by Crippen LogP contribution is -2.54. The number of hydrazine groups is 1. The maximum Gasteiger partial charge on any atom is 0.251 e. The second kappa shape index (κ2) is 6.18. The van der Waals surface area contributed by atoms with E-state index in [0.717, 1.165) is 25.9 Å². The first-order valence-electron chi connectivity index (χ1n) is 6.01. The molecule has 0 aromatic heterocycles. The molecule has 0 radical (unpaired) electrons. The molecule has 94 valence electrons. The minimum atomic E-state index is -0.110. The van der Waals surface area contributed by atoms with Gasteiger partial charge in [-0.2, -0.15) is 0 Å². The van der Waals surface area contributed by atoms with Gasteiger partial charge < -0.3 is 4.90 Å². The van der Waals surface area contributed by atoms with Crippen molar-refractivity contribution in [1.82, 2.24) is 15.2 Å². The van der Waals surface area contributed by atoms with Gasteiger partial charge in [0.2, 0.25) is 0 Å². The molecule has 1 amide bonds. The van der Waals surface area contributed by atoms with E-state index in [9.17, 15) is 4.79 Å². The van der Waals surface area contributed by atoms with Crippen molar-refractivity contribution in [3.63, 3.8) is 0 Å². The van der Waals surface area contributed by atoms with Gasteiger partial charge in [0.15, 0.2) is 0 Å². The molecular formula is C11H24N4O. The smallest absolute Gasteiger partial charge is 0.251 e. The number of carbonyl (C=O) groups is 1. The number of amides is 1. The van der Waals surface area contributed by atoms with Gasteiger partial charge in [0, 0.05) is 12.6 Å². The van der Waals surface area contributed by atoms with Crippen LogP contribution in [0.25, 0.3) is 0 Å². The predicted octanol–water partition coefficient (Wildman–Crippen LogP) is -0.219. The third-order valence-corrected chi connectivity index (χ3v) is 3.50. The van der Waals surface area contributed by atoms with E-state index >= 15 is 0 Å². The highest BCUT2D eigenvalue weighted by molar-refractivity contribution is 5.81. The van der Waals surface area contributed by atoms with Crippen molar-refractivity contribution in [2.75, 3.05) is 27.2 Å². The zero-order chi connectivity index (χ0) is 12.1. The first-order chi connectivity index (χ1) is 7.60. The molecule has 0 saturated carbocycles. The van der Waals surface area contributed by atoms with Gasteiger partial charge in [-0.25, -0.2) is 5.84 Å². The second-order valence-electron chi connectivity index (χ2n) is 4.66. The number of piperidine rings is 1. The summed E-state index contributed by atoms with van der Waals surface area (Å²) in [6.07, 6.45) is 3.15. The molecule has 1 heterocycles. The van der Waals surface area contributed by atoms with Crippen molar-refractivity contribution >= 4 is 5.91 Å². The Bertz CT molecular complexity index is 234. The van der Waals surface area contributed by atoms with Gasteiger partial charge in [-0.3, -0.25) is 15.1 Å². The zero-order valence-electron chi connectivity index (χ0n) is 10.6. The minimum Gasteiger partial charge on any atom is -0.305 e. The van der Waals surface area contributed by atoms with Crippen LogP contribution in [0.3, 0.4) is 0 Å². The van der Waals surface area contributed by atoms with Crippen LogP contribution in [0.4, 0.5) is 0 Å². The van der Waals surface area contributed by atoms with E-state index in [1.54, 1.807) is 0 Å². The first-order valence-corrected chi connectivity index (χ1v) is 6.01. The molecule has 0 aliphatic carbocycles. The summed E-state index contributed by atoms with van der Waals surface area (Å²) in [6.45, 7) is 4.21. The van der Waals surface area contributed by atoms with Crippen LogP contribution in [0.2, 0.25) is 0 Å². The monoisotopic (exact) mass is 228 g/mol. The Morgan fingerprint density at radius 2 is 2.38 bits per heavy atom. The Hall–Kier alpha value is -0.650. The molecule has 1 aliphatic heterocycles. The molecule has 0 aromatic rings. The van der Waals surface area contributed by atoms with Crippen LogP contribution in [0.15, 0.2) is 0 Å². The lowest BCUT2D eigenvalue weighted by molar-refractivity contribution is -0.127. The molecule has 2 unspecified atom stereocenters. The number of likely N-dealkylation sites (N-methyl/N-ethyl adjacent to an activating group) is 2. The number of nitrogens with one attached hydrogen (secondary N) is 1. The Balaban J connectivity index is 2.59. The van der Waals surface area contributed by atoms with Crippen LogP contribution in [-0.2, 0) is 4.79 Å². The van der Waals surface area contributed by atoms with E-state index < -0.39 is 0 Å². The first kappa shape index (κ1) is 13.4. The van der Waals surface area contributed by atoms with E-state index in [4.69, 9.17) is 5.84 Å². The number of rotatable bonds is 4. The average Bonchev–Trinajstić information content (AvgIpc) is 2.29. The topological polar surface area (TPSA) is 61.6 Å². The van der Waals surface area contributed by atoms with E-state index in [2.05, 4.69) is 22.3 Å². The minimum absolute atomic E-state index is 0.0850. The van der Waals surface area contributed by atoms with E-state index in [1.165, 1.54) is 6.42 Å². The van der Waals surface area contributed by atoms with Gasteiger partial charge in [0.05, 0.1) is 6.04 Å². The van der Waals surface area contributed by atoms with Crippen molar-refractivity contribution in [3.8, 4) is 0 Å². The third-order valence-electron chi connectivity index (χ3n) is 3.50. The summed E-state index contributed by atoms with van der Waals surface area (Å²) in [5.41, 5.74) is 2.25. The van der Waals surface area contributed by atoms with Crippen molar-refractivity contribution < 1.29 is 4.79 Å². The largest absolute Gasteiger partial charge is 0.305 e. The predicted molar refractivity (Wildman–Crippen MR) is 64.7 cm³/mol. The van der Waals surface area contributed by atoms with E-state index in [0.29, 0.717) is 6.04 Å². The SMILES string of the molecule is CCC(C(=O)NN)N(C)C1CCCN(C)C1. The highest BCUT2D eigenvalue weighted by atomic mass is 16.2. The number of nitrogens with two attached hydrogens (primary N) is 1. The van der Waals surface area contributed by atoms with Crippen LogP contribution in [-0.4, -0.2) is 55.0 Å². The number of likely N-dealkylation sites (tertiary alicyclic amines) is 1. The molecule has 2 atom stereocenters. The highest BCUT2D eigenvalue weighted by Gasteiger charge is 2.28. The molecule has 0 aromatic carbocycles. The maximum absolute atomic E-state index is 11.6. The van der Waals surface area contributed by atoms with Crippen molar-refractivity contribution in [1.29, 1.82) is 0 Å². The van der Waals surface area contributed by atoms with Crippen LogP contribution in [0.5, 0.6) is 0 Å². The summed E-state index contributed by atoms with van der Waals surface area (Å²) in [5.74, 6) is 5.12. The van der Waals surface area contributed by atoms with Gasteiger partial charge >= 0.3 is 0 Å². The molecule has 1 saturated heterocycles. The Labute approximate surface area is 97.9 Å². The summed E-state index contributed by atoms with van der Waals surface area (Å²) in [6, 6.07) is 0.350. The molecule has 3 N–H and O–H groups in total. The molecule has 0 bridgehead atoms. The summed E-state index contributed by atoms with van der Waals surface area (Å²) >= 11 is 0. The van der Waals surface area contributed by atoms with E-state index in [-0.39, 0.29) is 11.9 Å². The Kier molecular flexibility index (Phi) is 5.18. The Morgan fingerprint density at radius 3 is 2.88 bits per heavy atom. The van der Waals surface area contributed by atoms with Crippen molar-refractivity contribution in [2.24, 2.45) is 5.84 Å².